The number of hydrogen-bond acceptors (Lipinski definition) is 3. The van der Waals surface area contributed by atoms with Crippen LogP contribution in [0.5, 0.6) is 0 Å². The molecule has 3 rings (SSSR count). The first-order valence-electron chi connectivity index (χ1n) is 5.74. The van der Waals surface area contributed by atoms with Crippen molar-refractivity contribution < 1.29 is 4.79 Å². The monoisotopic (exact) mass is 273 g/mol. The van der Waals surface area contributed by atoms with Crippen molar-refractivity contribution in [3.8, 4) is 0 Å². The fraction of sp³-hybridized carbons (Fsp3) is 0.0769. The molecule has 2 aromatic heterocycles. The van der Waals surface area contributed by atoms with E-state index in [4.69, 9.17) is 0 Å². The summed E-state index contributed by atoms with van der Waals surface area (Å²) in [6.07, 6.45) is 1.84. The van der Waals surface area contributed by atoms with Crippen molar-refractivity contribution in [2.75, 3.05) is 0 Å². The molecule has 1 amide bonds. The molecule has 0 fully saturated rings. The van der Waals surface area contributed by atoms with Crippen molar-refractivity contribution in [3.63, 3.8) is 0 Å². The molecule has 0 atom stereocenters. The van der Waals surface area contributed by atoms with Gasteiger partial charge in [-0.05, 0) is 24.3 Å². The summed E-state index contributed by atoms with van der Waals surface area (Å²) >= 11 is 1.09. The van der Waals surface area contributed by atoms with Gasteiger partial charge in [0.2, 0.25) is 0 Å². The molecule has 96 valence electrons. The first-order valence-corrected chi connectivity index (χ1v) is 6.62. The number of hydrogen-bond donors (Lipinski definition) is 3. The third-order valence-corrected chi connectivity index (χ3v) is 3.54. The van der Waals surface area contributed by atoms with Gasteiger partial charge < -0.3 is 15.3 Å². The first-order chi connectivity index (χ1) is 9.22. The second-order valence-electron chi connectivity index (χ2n) is 4.14. The molecule has 0 unspecified atom stereocenters. The third-order valence-electron chi connectivity index (χ3n) is 2.83. The summed E-state index contributed by atoms with van der Waals surface area (Å²) in [5.74, 6) is -0.157. The molecule has 3 aromatic rings. The predicted molar refractivity (Wildman–Crippen MR) is 74.4 cm³/mol. The quantitative estimate of drug-likeness (QED) is 0.681. The fourth-order valence-electron chi connectivity index (χ4n) is 1.87. The molecule has 1 aromatic carbocycles. The lowest BCUT2D eigenvalue weighted by Gasteiger charge is -2.03. The van der Waals surface area contributed by atoms with E-state index in [2.05, 4.69) is 15.3 Å². The van der Waals surface area contributed by atoms with Crippen LogP contribution in [0.1, 0.15) is 16.1 Å². The number of amides is 1. The van der Waals surface area contributed by atoms with Crippen molar-refractivity contribution in [1.82, 2.24) is 15.3 Å². The van der Waals surface area contributed by atoms with E-state index in [9.17, 15) is 9.59 Å². The Morgan fingerprint density at radius 2 is 2.21 bits per heavy atom. The summed E-state index contributed by atoms with van der Waals surface area (Å²) in [7, 11) is 0. The molecule has 3 N–H and O–H groups in total. The summed E-state index contributed by atoms with van der Waals surface area (Å²) in [5, 5.41) is 5.48. The molecule has 2 heterocycles. The van der Waals surface area contributed by atoms with E-state index in [1.807, 2.05) is 24.4 Å². The fourth-order valence-corrected chi connectivity index (χ4v) is 2.45. The van der Waals surface area contributed by atoms with Crippen LogP contribution in [0.2, 0.25) is 0 Å². The third kappa shape index (κ3) is 2.43. The average molecular weight is 273 g/mol. The molecule has 5 nitrogen and oxygen atoms in total. The Balaban J connectivity index is 1.74. The maximum absolute atomic E-state index is 12.0. The smallest absolute Gasteiger partial charge is 0.304 e. The largest absolute Gasteiger partial charge is 0.361 e. The highest BCUT2D eigenvalue weighted by molar-refractivity contribution is 7.07. The summed E-state index contributed by atoms with van der Waals surface area (Å²) < 4.78 is 0. The number of H-pyrrole nitrogens is 2. The van der Waals surface area contributed by atoms with Gasteiger partial charge in [-0.2, -0.15) is 0 Å². The molecular weight excluding hydrogens is 262 g/mol. The Labute approximate surface area is 112 Å². The van der Waals surface area contributed by atoms with Crippen molar-refractivity contribution in [3.05, 3.63) is 56.8 Å². The van der Waals surface area contributed by atoms with Crippen LogP contribution in [0.25, 0.3) is 10.9 Å². The maximum atomic E-state index is 12.0. The van der Waals surface area contributed by atoms with Crippen LogP contribution in [0.4, 0.5) is 0 Å². The van der Waals surface area contributed by atoms with E-state index in [0.717, 1.165) is 22.2 Å². The van der Waals surface area contributed by atoms with Crippen LogP contribution in [0, 0.1) is 0 Å². The van der Waals surface area contributed by atoms with E-state index in [0.29, 0.717) is 17.8 Å². The van der Waals surface area contributed by atoms with Crippen molar-refractivity contribution in [2.45, 2.75) is 6.54 Å². The van der Waals surface area contributed by atoms with Crippen molar-refractivity contribution in [2.24, 2.45) is 0 Å². The number of thiazole rings is 1. The summed E-state index contributed by atoms with van der Waals surface area (Å²) in [4.78, 5) is 28.6. The Hall–Kier alpha value is -2.34. The topological polar surface area (TPSA) is 77.8 Å². The second kappa shape index (κ2) is 4.74. The normalized spacial score (nSPS) is 10.7. The minimum Gasteiger partial charge on any atom is -0.361 e. The molecule has 0 saturated heterocycles. The Morgan fingerprint density at radius 3 is 3.00 bits per heavy atom. The van der Waals surface area contributed by atoms with E-state index >= 15 is 0 Å². The van der Waals surface area contributed by atoms with Crippen LogP contribution in [0.3, 0.4) is 0 Å². The van der Waals surface area contributed by atoms with Gasteiger partial charge in [0, 0.05) is 33.7 Å². The highest BCUT2D eigenvalue weighted by Gasteiger charge is 2.07. The van der Waals surface area contributed by atoms with Gasteiger partial charge >= 0.3 is 4.87 Å². The number of carbonyl (C=O) groups excluding carboxylic acids is 1. The minimum atomic E-state index is -0.157. The summed E-state index contributed by atoms with van der Waals surface area (Å²) in [6, 6.07) is 7.39. The van der Waals surface area contributed by atoms with Crippen LogP contribution < -0.4 is 10.2 Å². The number of carbonyl (C=O) groups is 1. The number of fused-ring (bicyclic) bond motifs is 1. The Kier molecular flexibility index (Phi) is 2.92. The van der Waals surface area contributed by atoms with Crippen LogP contribution >= 0.6 is 11.3 Å². The van der Waals surface area contributed by atoms with E-state index in [1.165, 1.54) is 0 Å². The maximum Gasteiger partial charge on any atom is 0.304 e. The van der Waals surface area contributed by atoms with Gasteiger partial charge in [-0.15, -0.1) is 0 Å². The molecule has 0 radical (unpaired) electrons. The molecule has 6 heteroatoms. The van der Waals surface area contributed by atoms with Crippen LogP contribution in [0.15, 0.2) is 40.6 Å². The summed E-state index contributed by atoms with van der Waals surface area (Å²) in [5.41, 5.74) is 2.31. The minimum absolute atomic E-state index is 0.113. The van der Waals surface area contributed by atoms with Gasteiger partial charge in [0.1, 0.15) is 0 Å². The van der Waals surface area contributed by atoms with Crippen molar-refractivity contribution in [1.29, 1.82) is 0 Å². The van der Waals surface area contributed by atoms with Crippen LogP contribution in [-0.4, -0.2) is 15.9 Å². The number of rotatable bonds is 3. The van der Waals surface area contributed by atoms with Gasteiger partial charge in [-0.1, -0.05) is 11.3 Å². The number of aromatic amines is 2. The highest BCUT2D eigenvalue weighted by Crippen LogP contribution is 2.14. The van der Waals surface area contributed by atoms with Crippen LogP contribution in [-0.2, 0) is 6.54 Å². The zero-order chi connectivity index (χ0) is 13.2. The molecule has 0 bridgehead atoms. The first kappa shape index (κ1) is 11.7. The zero-order valence-corrected chi connectivity index (χ0v) is 10.7. The molecule has 19 heavy (non-hydrogen) atoms. The van der Waals surface area contributed by atoms with Gasteiger partial charge in [0.05, 0.1) is 6.54 Å². The van der Waals surface area contributed by atoms with Gasteiger partial charge in [-0.25, -0.2) is 0 Å². The predicted octanol–water partition coefficient (Wildman–Crippen LogP) is 1.85. The highest BCUT2D eigenvalue weighted by atomic mass is 32.1. The Bertz CT molecular complexity index is 784. The number of benzene rings is 1. The van der Waals surface area contributed by atoms with E-state index < -0.39 is 0 Å². The molecule has 0 aliphatic heterocycles. The lowest BCUT2D eigenvalue weighted by molar-refractivity contribution is 0.0950. The van der Waals surface area contributed by atoms with E-state index in [1.54, 1.807) is 11.4 Å². The SMILES string of the molecule is O=C(NCc1csc(=O)[nH]1)c1ccc2[nH]ccc2c1. The standard InChI is InChI=1S/C13H11N3O2S/c17-12(15-6-10-7-19-13(18)16-10)9-1-2-11-8(5-9)3-4-14-11/h1-5,7,14H,6H2,(H,15,17)(H,16,18). The average Bonchev–Trinajstić information content (AvgIpc) is 3.03. The lowest BCUT2D eigenvalue weighted by atomic mass is 10.1. The van der Waals surface area contributed by atoms with E-state index in [-0.39, 0.29) is 10.8 Å². The van der Waals surface area contributed by atoms with Gasteiger partial charge in [0.25, 0.3) is 5.91 Å². The van der Waals surface area contributed by atoms with Crippen molar-refractivity contribution >= 4 is 28.1 Å². The number of aromatic nitrogens is 2. The molecular formula is C13H11N3O2S. The Morgan fingerprint density at radius 1 is 1.32 bits per heavy atom. The lowest BCUT2D eigenvalue weighted by Crippen LogP contribution is -2.23. The molecule has 0 spiro atoms. The zero-order valence-electron chi connectivity index (χ0n) is 9.90. The molecule has 0 aliphatic carbocycles. The van der Waals surface area contributed by atoms with Gasteiger partial charge in [-0.3, -0.25) is 9.59 Å². The van der Waals surface area contributed by atoms with Gasteiger partial charge in [0.15, 0.2) is 0 Å². The number of nitrogens with one attached hydrogen (secondary N) is 3. The molecule has 0 aliphatic rings. The summed E-state index contributed by atoms with van der Waals surface area (Å²) in [6.45, 7) is 0.322. The molecule has 0 saturated carbocycles. The second-order valence-corrected chi connectivity index (χ2v) is 4.98.